The van der Waals surface area contributed by atoms with Gasteiger partial charge >= 0.3 is 0 Å². The Labute approximate surface area is 129 Å². The molecule has 0 spiro atoms. The largest absolute Gasteiger partial charge is 0.390 e. The summed E-state index contributed by atoms with van der Waals surface area (Å²) in [6.07, 6.45) is 3.26. The quantitative estimate of drug-likeness (QED) is 0.783. The highest BCUT2D eigenvalue weighted by Gasteiger charge is 2.24. The lowest BCUT2D eigenvalue weighted by Crippen LogP contribution is -2.49. The molecule has 22 heavy (non-hydrogen) atoms. The van der Waals surface area contributed by atoms with Crippen LogP contribution >= 0.6 is 0 Å². The first kappa shape index (κ1) is 14.7. The van der Waals surface area contributed by atoms with Gasteiger partial charge in [0.05, 0.1) is 11.7 Å². The zero-order valence-electron chi connectivity index (χ0n) is 12.2. The van der Waals surface area contributed by atoms with E-state index in [1.807, 2.05) is 12.1 Å². The number of aliphatic hydroxyl groups is 1. The number of carbonyl (C=O) groups is 1. The van der Waals surface area contributed by atoms with Crippen molar-refractivity contribution in [1.82, 2.24) is 15.6 Å². The lowest BCUT2D eigenvalue weighted by Gasteiger charge is -2.30. The zero-order chi connectivity index (χ0) is 15.4. The summed E-state index contributed by atoms with van der Waals surface area (Å²) in [5, 5.41) is 16.4. The predicted molar refractivity (Wildman–Crippen MR) is 83.4 cm³/mol. The molecule has 5 nitrogen and oxygen atoms in total. The average Bonchev–Trinajstić information content (AvgIpc) is 2.59. The van der Waals surface area contributed by atoms with Crippen LogP contribution in [-0.2, 0) is 13.0 Å². The summed E-state index contributed by atoms with van der Waals surface area (Å²) in [6, 6.07) is 11.6. The second-order valence-electron chi connectivity index (χ2n) is 5.48. The Bertz CT molecular complexity index is 645. The summed E-state index contributed by atoms with van der Waals surface area (Å²) >= 11 is 0. The molecule has 0 radical (unpaired) electrons. The molecule has 3 N–H and O–H groups in total. The molecule has 2 atom stereocenters. The van der Waals surface area contributed by atoms with Gasteiger partial charge in [-0.2, -0.15) is 0 Å². The monoisotopic (exact) mass is 297 g/mol. The first-order valence-electron chi connectivity index (χ1n) is 7.40. The van der Waals surface area contributed by atoms with Crippen LogP contribution in [0.15, 0.2) is 48.8 Å². The number of nitrogens with zero attached hydrogens (tertiary/aromatic N) is 1. The minimum atomic E-state index is -0.631. The summed E-state index contributed by atoms with van der Waals surface area (Å²) in [7, 11) is 0. The van der Waals surface area contributed by atoms with Crippen LogP contribution in [0.1, 0.15) is 21.5 Å². The molecule has 0 fully saturated rings. The average molecular weight is 297 g/mol. The molecule has 0 aliphatic carbocycles. The highest BCUT2D eigenvalue weighted by Crippen LogP contribution is 2.17. The van der Waals surface area contributed by atoms with E-state index < -0.39 is 6.10 Å². The molecule has 0 saturated carbocycles. The Morgan fingerprint density at radius 2 is 2.14 bits per heavy atom. The Kier molecular flexibility index (Phi) is 4.46. The summed E-state index contributed by atoms with van der Waals surface area (Å²) in [4.78, 5) is 15.9. The van der Waals surface area contributed by atoms with Crippen LogP contribution in [-0.4, -0.2) is 34.7 Å². The second kappa shape index (κ2) is 6.68. The van der Waals surface area contributed by atoms with Crippen molar-refractivity contribution in [2.45, 2.75) is 25.1 Å². The second-order valence-corrected chi connectivity index (χ2v) is 5.48. The molecular weight excluding hydrogens is 278 g/mol. The SMILES string of the molecule is O=C(NCC(O)C1Cc2ccccc2CN1)c1cccnc1. The van der Waals surface area contributed by atoms with E-state index in [9.17, 15) is 9.90 Å². The molecule has 1 aromatic carbocycles. The van der Waals surface area contributed by atoms with Crippen molar-refractivity contribution in [3.05, 3.63) is 65.5 Å². The molecule has 1 aliphatic rings. The van der Waals surface area contributed by atoms with Gasteiger partial charge in [0.1, 0.15) is 0 Å². The number of carbonyl (C=O) groups excluding carboxylic acids is 1. The van der Waals surface area contributed by atoms with Gasteiger partial charge in [0.25, 0.3) is 5.91 Å². The molecule has 1 aromatic heterocycles. The minimum absolute atomic E-state index is 0.0518. The topological polar surface area (TPSA) is 74.2 Å². The number of fused-ring (bicyclic) bond motifs is 1. The highest BCUT2D eigenvalue weighted by molar-refractivity contribution is 5.93. The number of benzene rings is 1. The van der Waals surface area contributed by atoms with Gasteiger partial charge < -0.3 is 15.7 Å². The van der Waals surface area contributed by atoms with E-state index in [2.05, 4.69) is 27.8 Å². The minimum Gasteiger partial charge on any atom is -0.390 e. The Hall–Kier alpha value is -2.24. The predicted octanol–water partition coefficient (Wildman–Crippen LogP) is 0.887. The van der Waals surface area contributed by atoms with Crippen LogP contribution in [0.25, 0.3) is 0 Å². The normalized spacial score (nSPS) is 18.3. The van der Waals surface area contributed by atoms with Crippen LogP contribution in [0.3, 0.4) is 0 Å². The molecule has 2 aromatic rings. The lowest BCUT2D eigenvalue weighted by atomic mass is 9.93. The number of nitrogens with one attached hydrogen (secondary N) is 2. The third-order valence-electron chi connectivity index (χ3n) is 3.97. The van der Waals surface area contributed by atoms with Gasteiger partial charge in [0.15, 0.2) is 0 Å². The van der Waals surface area contributed by atoms with Crippen molar-refractivity contribution in [2.24, 2.45) is 0 Å². The number of rotatable bonds is 4. The number of aliphatic hydroxyl groups excluding tert-OH is 1. The molecule has 0 saturated heterocycles. The Morgan fingerprint density at radius 1 is 1.32 bits per heavy atom. The fourth-order valence-corrected chi connectivity index (χ4v) is 2.69. The maximum absolute atomic E-state index is 11.9. The smallest absolute Gasteiger partial charge is 0.252 e. The highest BCUT2D eigenvalue weighted by atomic mass is 16.3. The first-order valence-corrected chi connectivity index (χ1v) is 7.40. The lowest BCUT2D eigenvalue weighted by molar-refractivity contribution is 0.0869. The Morgan fingerprint density at radius 3 is 2.91 bits per heavy atom. The van der Waals surface area contributed by atoms with Gasteiger partial charge in [0, 0.05) is 31.5 Å². The molecule has 1 aliphatic heterocycles. The molecule has 3 rings (SSSR count). The van der Waals surface area contributed by atoms with Gasteiger partial charge in [-0.3, -0.25) is 9.78 Å². The maximum Gasteiger partial charge on any atom is 0.252 e. The maximum atomic E-state index is 11.9. The molecule has 5 heteroatoms. The van der Waals surface area contributed by atoms with Crippen molar-refractivity contribution in [2.75, 3.05) is 6.54 Å². The van der Waals surface area contributed by atoms with Gasteiger partial charge in [0.2, 0.25) is 0 Å². The number of hydrogen-bond acceptors (Lipinski definition) is 4. The van der Waals surface area contributed by atoms with E-state index in [1.54, 1.807) is 18.3 Å². The van der Waals surface area contributed by atoms with Crippen molar-refractivity contribution in [3.8, 4) is 0 Å². The van der Waals surface area contributed by atoms with E-state index in [0.29, 0.717) is 5.56 Å². The third-order valence-corrected chi connectivity index (χ3v) is 3.97. The summed E-state index contributed by atoms with van der Waals surface area (Å²) in [5.74, 6) is -0.219. The van der Waals surface area contributed by atoms with Crippen molar-refractivity contribution in [1.29, 1.82) is 0 Å². The van der Waals surface area contributed by atoms with Gasteiger partial charge in [-0.1, -0.05) is 24.3 Å². The van der Waals surface area contributed by atoms with Crippen molar-refractivity contribution >= 4 is 5.91 Å². The fraction of sp³-hybridized carbons (Fsp3) is 0.294. The standard InChI is InChI=1S/C17H19N3O2/c21-16(11-20-17(22)14-6-3-7-18-9-14)15-8-12-4-1-2-5-13(12)10-19-15/h1-7,9,15-16,19,21H,8,10-11H2,(H,20,22). The summed E-state index contributed by atoms with van der Waals surface area (Å²) in [6.45, 7) is 0.960. The van der Waals surface area contributed by atoms with Crippen molar-refractivity contribution < 1.29 is 9.90 Å². The summed E-state index contributed by atoms with van der Waals surface area (Å²) < 4.78 is 0. The number of pyridine rings is 1. The zero-order valence-corrected chi connectivity index (χ0v) is 12.2. The number of amides is 1. The van der Waals surface area contributed by atoms with Crippen LogP contribution in [0.2, 0.25) is 0 Å². The van der Waals surface area contributed by atoms with Crippen molar-refractivity contribution in [3.63, 3.8) is 0 Å². The number of hydrogen-bond donors (Lipinski definition) is 3. The van der Waals surface area contributed by atoms with Crippen LogP contribution < -0.4 is 10.6 Å². The third kappa shape index (κ3) is 3.32. The molecule has 2 heterocycles. The van der Waals surface area contributed by atoms with Gasteiger partial charge in [-0.25, -0.2) is 0 Å². The summed E-state index contributed by atoms with van der Waals surface area (Å²) in [5.41, 5.74) is 3.02. The Balaban J connectivity index is 1.55. The van der Waals surface area contributed by atoms with E-state index in [1.165, 1.54) is 17.3 Å². The molecule has 114 valence electrons. The molecular formula is C17H19N3O2. The first-order chi connectivity index (χ1) is 10.7. The van der Waals surface area contributed by atoms with Gasteiger partial charge in [-0.15, -0.1) is 0 Å². The molecule has 1 amide bonds. The van der Waals surface area contributed by atoms with E-state index >= 15 is 0 Å². The van der Waals surface area contributed by atoms with Crippen LogP contribution in [0.4, 0.5) is 0 Å². The van der Waals surface area contributed by atoms with Crippen LogP contribution in [0.5, 0.6) is 0 Å². The van der Waals surface area contributed by atoms with E-state index in [4.69, 9.17) is 0 Å². The molecule has 2 unspecified atom stereocenters. The fourth-order valence-electron chi connectivity index (χ4n) is 2.69. The van der Waals surface area contributed by atoms with E-state index in [0.717, 1.165) is 13.0 Å². The van der Waals surface area contributed by atoms with Gasteiger partial charge in [-0.05, 0) is 29.7 Å². The number of aromatic nitrogens is 1. The molecule has 0 bridgehead atoms. The van der Waals surface area contributed by atoms with Crippen LogP contribution in [0, 0.1) is 0 Å². The van der Waals surface area contributed by atoms with E-state index in [-0.39, 0.29) is 18.5 Å².